The van der Waals surface area contributed by atoms with E-state index in [1.165, 1.54) is 0 Å². The van der Waals surface area contributed by atoms with E-state index in [0.717, 1.165) is 12.5 Å². The van der Waals surface area contributed by atoms with E-state index in [4.69, 9.17) is 14.6 Å². The lowest BCUT2D eigenvalue weighted by Gasteiger charge is -2.19. The van der Waals surface area contributed by atoms with Crippen LogP contribution in [0.1, 0.15) is 24.8 Å². The predicted octanol–water partition coefficient (Wildman–Crippen LogP) is 0.513. The first-order chi connectivity index (χ1) is 10.9. The molecule has 0 radical (unpaired) electrons. The Hall–Kier alpha value is -2.28. The summed E-state index contributed by atoms with van der Waals surface area (Å²) in [5.74, 6) is -0.334. The summed E-state index contributed by atoms with van der Waals surface area (Å²) in [7, 11) is 0. The van der Waals surface area contributed by atoms with Gasteiger partial charge in [0.1, 0.15) is 13.2 Å². The highest BCUT2D eigenvalue weighted by Gasteiger charge is 2.45. The second kappa shape index (κ2) is 5.73. The van der Waals surface area contributed by atoms with Crippen LogP contribution in [-0.2, 0) is 9.59 Å². The average molecular weight is 321 g/mol. The number of carboxylic acids is 1. The topological polar surface area (TPSA) is 105 Å². The molecule has 124 valence electrons. The zero-order valence-corrected chi connectivity index (χ0v) is 12.7. The van der Waals surface area contributed by atoms with E-state index in [1.54, 1.807) is 0 Å². The van der Waals surface area contributed by atoms with Crippen molar-refractivity contribution in [1.82, 2.24) is 5.32 Å². The van der Waals surface area contributed by atoms with Crippen LogP contribution in [0, 0.1) is 5.92 Å². The third kappa shape index (κ3) is 3.24. The number of hydrogen-bond donors (Lipinski definition) is 3. The highest BCUT2D eigenvalue weighted by Crippen LogP contribution is 2.49. The summed E-state index contributed by atoms with van der Waals surface area (Å²) in [5, 5.41) is 20.9. The molecule has 7 heteroatoms. The Morgan fingerprint density at radius 3 is 2.70 bits per heavy atom. The molecular weight excluding hydrogens is 302 g/mol. The van der Waals surface area contributed by atoms with Gasteiger partial charge in [0.15, 0.2) is 17.1 Å². The van der Waals surface area contributed by atoms with Gasteiger partial charge in [0, 0.05) is 5.92 Å². The molecular formula is C16H19NO6. The molecule has 1 aliphatic heterocycles. The molecule has 23 heavy (non-hydrogen) atoms. The van der Waals surface area contributed by atoms with E-state index < -0.39 is 11.6 Å². The number of carboxylic acid groups (broad SMARTS) is 1. The van der Waals surface area contributed by atoms with Gasteiger partial charge in [-0.3, -0.25) is 4.79 Å². The van der Waals surface area contributed by atoms with Crippen molar-refractivity contribution in [2.24, 2.45) is 5.92 Å². The number of fused-ring (bicyclic) bond motifs is 1. The van der Waals surface area contributed by atoms with E-state index in [1.807, 2.05) is 18.2 Å². The van der Waals surface area contributed by atoms with Gasteiger partial charge < -0.3 is 25.0 Å². The van der Waals surface area contributed by atoms with E-state index in [9.17, 15) is 14.7 Å². The molecule has 0 spiro atoms. The van der Waals surface area contributed by atoms with Crippen molar-refractivity contribution in [3.8, 4) is 11.5 Å². The maximum atomic E-state index is 12.1. The second-order valence-corrected chi connectivity index (χ2v) is 6.15. The lowest BCUT2D eigenvalue weighted by molar-refractivity contribution is -0.156. The molecule has 7 nitrogen and oxygen atoms in total. The standard InChI is InChI=1S/C16H19NO6/c1-16(21,15(19)20)8-17-14(18)11-7-10(11)9-2-3-12-13(6-9)23-5-4-22-12/h2-3,6,10-11,21H,4-5,7-8H2,1H3,(H,17,18)(H,19,20). The maximum absolute atomic E-state index is 12.1. The summed E-state index contributed by atoms with van der Waals surface area (Å²) in [5.41, 5.74) is -0.962. The van der Waals surface area contributed by atoms with E-state index in [2.05, 4.69) is 5.32 Å². The fourth-order valence-corrected chi connectivity index (χ4v) is 2.61. The van der Waals surface area contributed by atoms with Crippen molar-refractivity contribution < 1.29 is 29.3 Å². The van der Waals surface area contributed by atoms with E-state index in [-0.39, 0.29) is 24.3 Å². The van der Waals surface area contributed by atoms with E-state index in [0.29, 0.717) is 31.1 Å². The molecule has 1 fully saturated rings. The largest absolute Gasteiger partial charge is 0.486 e. The number of benzene rings is 1. The molecule has 0 bridgehead atoms. The molecule has 3 unspecified atom stereocenters. The summed E-state index contributed by atoms with van der Waals surface area (Å²) in [6.45, 7) is 1.88. The third-order valence-electron chi connectivity index (χ3n) is 4.19. The predicted molar refractivity (Wildman–Crippen MR) is 79.5 cm³/mol. The maximum Gasteiger partial charge on any atom is 0.337 e. The summed E-state index contributed by atoms with van der Waals surface area (Å²) in [6, 6.07) is 5.64. The lowest BCUT2D eigenvalue weighted by atomic mass is 10.1. The normalized spacial score (nSPS) is 24.4. The van der Waals surface area contributed by atoms with Gasteiger partial charge in [-0.05, 0) is 37.0 Å². The molecule has 1 heterocycles. The summed E-state index contributed by atoms with van der Waals surface area (Å²) >= 11 is 0. The van der Waals surface area contributed by atoms with Gasteiger partial charge in [-0.25, -0.2) is 4.79 Å². The number of aliphatic carboxylic acids is 1. The van der Waals surface area contributed by atoms with Crippen molar-refractivity contribution in [3.05, 3.63) is 23.8 Å². The Bertz CT molecular complexity index is 641. The molecule has 0 saturated heterocycles. The fourth-order valence-electron chi connectivity index (χ4n) is 2.61. The minimum Gasteiger partial charge on any atom is -0.486 e. The first-order valence-electron chi connectivity index (χ1n) is 7.51. The molecule has 1 aliphatic carbocycles. The van der Waals surface area contributed by atoms with Crippen LogP contribution in [0.2, 0.25) is 0 Å². The quantitative estimate of drug-likeness (QED) is 0.730. The lowest BCUT2D eigenvalue weighted by Crippen LogP contribution is -2.47. The number of carbonyl (C=O) groups excluding carboxylic acids is 1. The second-order valence-electron chi connectivity index (χ2n) is 6.15. The van der Waals surface area contributed by atoms with Crippen LogP contribution in [0.25, 0.3) is 0 Å². The molecule has 1 saturated carbocycles. The molecule has 1 amide bonds. The number of ether oxygens (including phenoxy) is 2. The van der Waals surface area contributed by atoms with Crippen molar-refractivity contribution in [3.63, 3.8) is 0 Å². The molecule has 1 aromatic rings. The third-order valence-corrected chi connectivity index (χ3v) is 4.19. The van der Waals surface area contributed by atoms with Crippen molar-refractivity contribution in [2.75, 3.05) is 19.8 Å². The van der Waals surface area contributed by atoms with Crippen molar-refractivity contribution in [2.45, 2.75) is 24.9 Å². The minimum atomic E-state index is -1.96. The van der Waals surface area contributed by atoms with Crippen LogP contribution in [0.4, 0.5) is 0 Å². The highest BCUT2D eigenvalue weighted by molar-refractivity contribution is 5.84. The highest BCUT2D eigenvalue weighted by atomic mass is 16.6. The van der Waals surface area contributed by atoms with Crippen LogP contribution in [0.5, 0.6) is 11.5 Å². The van der Waals surface area contributed by atoms with Crippen molar-refractivity contribution in [1.29, 1.82) is 0 Å². The van der Waals surface area contributed by atoms with Crippen LogP contribution >= 0.6 is 0 Å². The first-order valence-corrected chi connectivity index (χ1v) is 7.51. The van der Waals surface area contributed by atoms with Gasteiger partial charge in [0.25, 0.3) is 0 Å². The molecule has 3 N–H and O–H groups in total. The van der Waals surface area contributed by atoms with Gasteiger partial charge in [0.05, 0.1) is 6.54 Å². The molecule has 0 aromatic heterocycles. The SMILES string of the molecule is CC(O)(CNC(=O)C1CC1c1ccc2c(c1)OCCO2)C(=O)O. The van der Waals surface area contributed by atoms with Crippen LogP contribution in [0.15, 0.2) is 18.2 Å². The van der Waals surface area contributed by atoms with Gasteiger partial charge in [-0.1, -0.05) is 6.07 Å². The monoisotopic (exact) mass is 321 g/mol. The summed E-state index contributed by atoms with van der Waals surface area (Å²) in [4.78, 5) is 22.9. The smallest absolute Gasteiger partial charge is 0.337 e. The molecule has 2 aliphatic rings. The van der Waals surface area contributed by atoms with Crippen LogP contribution in [-0.4, -0.2) is 47.4 Å². The number of carbonyl (C=O) groups is 2. The van der Waals surface area contributed by atoms with Gasteiger partial charge in [0.2, 0.25) is 5.91 Å². The Kier molecular flexibility index (Phi) is 3.89. The number of amides is 1. The Balaban J connectivity index is 1.59. The minimum absolute atomic E-state index is 0.0839. The zero-order chi connectivity index (χ0) is 16.6. The Labute approximate surface area is 133 Å². The van der Waals surface area contributed by atoms with Crippen LogP contribution < -0.4 is 14.8 Å². The van der Waals surface area contributed by atoms with Gasteiger partial charge >= 0.3 is 5.97 Å². The average Bonchev–Trinajstić information content (AvgIpc) is 3.33. The summed E-state index contributed by atoms with van der Waals surface area (Å²) < 4.78 is 11.0. The fraction of sp³-hybridized carbons (Fsp3) is 0.500. The van der Waals surface area contributed by atoms with E-state index >= 15 is 0 Å². The van der Waals surface area contributed by atoms with Crippen LogP contribution in [0.3, 0.4) is 0 Å². The van der Waals surface area contributed by atoms with Gasteiger partial charge in [-0.2, -0.15) is 0 Å². The number of rotatable bonds is 5. The first kappa shape index (κ1) is 15.6. The Morgan fingerprint density at radius 1 is 1.30 bits per heavy atom. The number of nitrogens with one attached hydrogen (secondary N) is 1. The summed E-state index contributed by atoms with van der Waals surface area (Å²) in [6.07, 6.45) is 0.695. The number of hydrogen-bond acceptors (Lipinski definition) is 5. The molecule has 1 aromatic carbocycles. The number of aliphatic hydroxyl groups is 1. The molecule has 3 atom stereocenters. The Morgan fingerprint density at radius 2 is 2.00 bits per heavy atom. The zero-order valence-electron chi connectivity index (χ0n) is 12.7. The van der Waals surface area contributed by atoms with Crippen molar-refractivity contribution >= 4 is 11.9 Å². The van der Waals surface area contributed by atoms with Gasteiger partial charge in [-0.15, -0.1) is 0 Å². The molecule has 3 rings (SSSR count).